The molecule has 0 radical (unpaired) electrons. The van der Waals surface area contributed by atoms with Crippen LogP contribution in [-0.2, 0) is 0 Å². The molecule has 150 valence electrons. The second-order valence-corrected chi connectivity index (χ2v) is 6.79. The van der Waals surface area contributed by atoms with Crippen molar-refractivity contribution in [3.8, 4) is 0 Å². The Hall–Kier alpha value is -4.27. The number of carbonyl (C=O) groups excluding carboxylic acids is 1. The molecule has 1 N–H and O–H groups in total. The highest BCUT2D eigenvalue weighted by Crippen LogP contribution is 2.37. The number of non-ortho nitro benzene ring substituents is 2. The Bertz CT molecular complexity index is 1120. The summed E-state index contributed by atoms with van der Waals surface area (Å²) in [5.41, 5.74) is 1.18. The van der Waals surface area contributed by atoms with Crippen molar-refractivity contribution < 1.29 is 14.6 Å². The number of nitrogens with one attached hydrogen (secondary N) is 1. The standard InChI is InChI=1S/C21H16N4O5/c26-21(15-10-16(24(27)28)12-17(11-15)25(29)30)23-13-19(14-6-2-1-3-7-14)22-18-8-4-5-9-20(18)23/h1-12,19,22H,13H2. The second kappa shape index (κ2) is 7.63. The van der Waals surface area contributed by atoms with E-state index in [1.807, 2.05) is 42.5 Å². The summed E-state index contributed by atoms with van der Waals surface area (Å²) in [5.74, 6) is -0.545. The minimum atomic E-state index is -0.748. The van der Waals surface area contributed by atoms with Gasteiger partial charge in [-0.3, -0.25) is 25.0 Å². The highest BCUT2D eigenvalue weighted by Gasteiger charge is 2.31. The molecule has 3 aromatic rings. The second-order valence-electron chi connectivity index (χ2n) is 6.79. The number of anilines is 2. The Morgan fingerprint density at radius 3 is 2.13 bits per heavy atom. The maximum atomic E-state index is 13.3. The van der Waals surface area contributed by atoms with E-state index in [1.54, 1.807) is 12.1 Å². The molecule has 0 bridgehead atoms. The molecule has 1 aliphatic heterocycles. The van der Waals surface area contributed by atoms with Gasteiger partial charge in [0, 0.05) is 12.1 Å². The zero-order valence-corrected chi connectivity index (χ0v) is 15.6. The van der Waals surface area contributed by atoms with E-state index in [0.29, 0.717) is 5.69 Å². The Morgan fingerprint density at radius 1 is 0.900 bits per heavy atom. The van der Waals surface area contributed by atoms with Crippen molar-refractivity contribution in [1.29, 1.82) is 0 Å². The van der Waals surface area contributed by atoms with E-state index in [2.05, 4.69) is 5.32 Å². The number of nitrogens with zero attached hydrogens (tertiary/aromatic N) is 3. The number of para-hydroxylation sites is 2. The smallest absolute Gasteiger partial charge is 0.277 e. The Labute approximate surface area is 170 Å². The first-order valence-corrected chi connectivity index (χ1v) is 9.10. The van der Waals surface area contributed by atoms with Gasteiger partial charge in [0.15, 0.2) is 0 Å². The summed E-state index contributed by atoms with van der Waals surface area (Å²) in [6.07, 6.45) is 0. The molecule has 1 heterocycles. The average Bonchev–Trinajstić information content (AvgIpc) is 2.78. The lowest BCUT2D eigenvalue weighted by Gasteiger charge is -2.36. The summed E-state index contributed by atoms with van der Waals surface area (Å²) in [7, 11) is 0. The fourth-order valence-electron chi connectivity index (χ4n) is 3.50. The van der Waals surface area contributed by atoms with Crippen molar-refractivity contribution in [3.05, 3.63) is 104 Å². The van der Waals surface area contributed by atoms with Crippen molar-refractivity contribution in [1.82, 2.24) is 0 Å². The van der Waals surface area contributed by atoms with Gasteiger partial charge in [-0.25, -0.2) is 0 Å². The molecule has 1 aliphatic rings. The van der Waals surface area contributed by atoms with Gasteiger partial charge in [0.1, 0.15) is 0 Å². The van der Waals surface area contributed by atoms with E-state index < -0.39 is 27.1 Å². The molecule has 0 fully saturated rings. The molecule has 9 heteroatoms. The van der Waals surface area contributed by atoms with E-state index >= 15 is 0 Å². The van der Waals surface area contributed by atoms with Gasteiger partial charge in [-0.2, -0.15) is 0 Å². The van der Waals surface area contributed by atoms with Gasteiger partial charge in [-0.1, -0.05) is 42.5 Å². The van der Waals surface area contributed by atoms with Crippen LogP contribution >= 0.6 is 0 Å². The van der Waals surface area contributed by atoms with Gasteiger partial charge in [-0.05, 0) is 17.7 Å². The van der Waals surface area contributed by atoms with Crippen molar-refractivity contribution in [2.75, 3.05) is 16.8 Å². The van der Waals surface area contributed by atoms with Crippen LogP contribution in [0.15, 0.2) is 72.8 Å². The van der Waals surface area contributed by atoms with E-state index in [4.69, 9.17) is 0 Å². The molecule has 0 aromatic heterocycles. The lowest BCUT2D eigenvalue weighted by atomic mass is 10.0. The molecule has 1 amide bonds. The molecule has 3 aromatic carbocycles. The molecule has 0 saturated carbocycles. The largest absolute Gasteiger partial charge is 0.375 e. The third kappa shape index (κ3) is 3.55. The van der Waals surface area contributed by atoms with Gasteiger partial charge in [0.25, 0.3) is 17.3 Å². The van der Waals surface area contributed by atoms with Gasteiger partial charge in [-0.15, -0.1) is 0 Å². The minimum Gasteiger partial charge on any atom is -0.375 e. The lowest BCUT2D eigenvalue weighted by Crippen LogP contribution is -2.40. The Kier molecular flexibility index (Phi) is 4.85. The Morgan fingerprint density at radius 2 is 1.50 bits per heavy atom. The van der Waals surface area contributed by atoms with E-state index in [0.717, 1.165) is 29.4 Å². The number of hydrogen-bond acceptors (Lipinski definition) is 6. The highest BCUT2D eigenvalue weighted by atomic mass is 16.6. The van der Waals surface area contributed by atoms with Crippen LogP contribution in [0.5, 0.6) is 0 Å². The quantitative estimate of drug-likeness (QED) is 0.511. The molecule has 0 aliphatic carbocycles. The van der Waals surface area contributed by atoms with E-state index in [-0.39, 0.29) is 18.2 Å². The molecule has 4 rings (SSSR count). The Balaban J connectivity index is 1.78. The number of nitro benzene ring substituents is 2. The van der Waals surface area contributed by atoms with E-state index in [1.165, 1.54) is 4.90 Å². The molecule has 9 nitrogen and oxygen atoms in total. The normalized spacial score (nSPS) is 15.1. The predicted octanol–water partition coefficient (Wildman–Crippen LogP) is 4.32. The molecule has 0 spiro atoms. The first-order valence-electron chi connectivity index (χ1n) is 9.10. The number of rotatable bonds is 4. The van der Waals surface area contributed by atoms with Gasteiger partial charge in [0.2, 0.25) is 0 Å². The molecular weight excluding hydrogens is 388 g/mol. The van der Waals surface area contributed by atoms with Crippen LogP contribution in [0.4, 0.5) is 22.7 Å². The predicted molar refractivity (Wildman–Crippen MR) is 111 cm³/mol. The van der Waals surface area contributed by atoms with Crippen molar-refractivity contribution >= 4 is 28.7 Å². The molecule has 1 unspecified atom stereocenters. The number of carbonyl (C=O) groups is 1. The zero-order chi connectivity index (χ0) is 21.3. The van der Waals surface area contributed by atoms with Crippen LogP contribution in [0.25, 0.3) is 0 Å². The number of nitro groups is 2. The fraction of sp³-hybridized carbons (Fsp3) is 0.0952. The topological polar surface area (TPSA) is 119 Å². The van der Waals surface area contributed by atoms with Gasteiger partial charge < -0.3 is 10.2 Å². The number of amides is 1. The average molecular weight is 404 g/mol. The van der Waals surface area contributed by atoms with E-state index in [9.17, 15) is 25.0 Å². The molecular formula is C21H16N4O5. The van der Waals surface area contributed by atoms with Crippen LogP contribution in [0.1, 0.15) is 22.0 Å². The molecule has 1 atom stereocenters. The lowest BCUT2D eigenvalue weighted by molar-refractivity contribution is -0.394. The van der Waals surface area contributed by atoms with Crippen LogP contribution in [-0.4, -0.2) is 22.3 Å². The van der Waals surface area contributed by atoms with Crippen molar-refractivity contribution in [2.24, 2.45) is 0 Å². The van der Waals surface area contributed by atoms with Crippen LogP contribution in [0.2, 0.25) is 0 Å². The number of hydrogen-bond donors (Lipinski definition) is 1. The maximum Gasteiger partial charge on any atom is 0.277 e. The maximum absolute atomic E-state index is 13.3. The number of fused-ring (bicyclic) bond motifs is 1. The van der Waals surface area contributed by atoms with Crippen LogP contribution < -0.4 is 10.2 Å². The SMILES string of the molecule is O=C(c1cc([N+](=O)[O-])cc([N+](=O)[O-])c1)N1CC(c2ccccc2)Nc2ccccc21. The summed E-state index contributed by atoms with van der Waals surface area (Å²) in [6, 6.07) is 19.5. The third-order valence-corrected chi connectivity index (χ3v) is 4.91. The zero-order valence-electron chi connectivity index (χ0n) is 15.6. The van der Waals surface area contributed by atoms with Crippen LogP contribution in [0.3, 0.4) is 0 Å². The highest BCUT2D eigenvalue weighted by molar-refractivity contribution is 6.09. The van der Waals surface area contributed by atoms with Crippen LogP contribution in [0, 0.1) is 20.2 Å². The minimum absolute atomic E-state index is 0.112. The molecule has 0 saturated heterocycles. The van der Waals surface area contributed by atoms with Crippen molar-refractivity contribution in [2.45, 2.75) is 6.04 Å². The summed E-state index contributed by atoms with van der Waals surface area (Å²) in [6.45, 7) is 0.260. The third-order valence-electron chi connectivity index (χ3n) is 4.91. The monoisotopic (exact) mass is 404 g/mol. The first kappa shape index (κ1) is 19.1. The molecule has 30 heavy (non-hydrogen) atoms. The summed E-state index contributed by atoms with van der Waals surface area (Å²) in [4.78, 5) is 35.8. The summed E-state index contributed by atoms with van der Waals surface area (Å²) in [5, 5.41) is 25.8. The fourth-order valence-corrected chi connectivity index (χ4v) is 3.50. The number of benzene rings is 3. The van der Waals surface area contributed by atoms with Gasteiger partial charge >= 0.3 is 0 Å². The van der Waals surface area contributed by atoms with Gasteiger partial charge in [0.05, 0.1) is 45.4 Å². The van der Waals surface area contributed by atoms with Crippen molar-refractivity contribution in [3.63, 3.8) is 0 Å². The summed E-state index contributed by atoms with van der Waals surface area (Å²) >= 11 is 0. The summed E-state index contributed by atoms with van der Waals surface area (Å²) < 4.78 is 0. The first-order chi connectivity index (χ1) is 14.4.